The van der Waals surface area contributed by atoms with Crippen LogP contribution in [0, 0.1) is 0 Å². The number of imidazole rings is 1. The number of aromatic nitrogens is 2. The average Bonchev–Trinajstić information content (AvgIpc) is 2.81. The lowest BCUT2D eigenvalue weighted by molar-refractivity contribution is 0.246. The van der Waals surface area contributed by atoms with Gasteiger partial charge < -0.3 is 9.72 Å². The second-order valence-electron chi connectivity index (χ2n) is 3.06. The van der Waals surface area contributed by atoms with Gasteiger partial charge in [0, 0.05) is 12.4 Å². The lowest BCUT2D eigenvalue weighted by atomic mass is 10.3. The Kier molecular flexibility index (Phi) is 2.83. The van der Waals surface area contributed by atoms with Crippen LogP contribution in [0.5, 0.6) is 5.75 Å². The Hall–Kier alpha value is -2.03. The van der Waals surface area contributed by atoms with Crippen LogP contribution in [0.1, 0.15) is 11.9 Å². The van der Waals surface area contributed by atoms with Gasteiger partial charge in [-0.2, -0.15) is 0 Å². The molecule has 0 aliphatic heterocycles. The molecule has 3 heteroatoms. The van der Waals surface area contributed by atoms with E-state index in [0.29, 0.717) is 0 Å². The third kappa shape index (κ3) is 2.26. The molecule has 0 saturated carbocycles. The Morgan fingerprint density at radius 1 is 1.33 bits per heavy atom. The molecule has 1 N–H and O–H groups in total. The number of benzene rings is 1. The first-order valence-corrected chi connectivity index (χ1v) is 4.73. The topological polar surface area (TPSA) is 37.9 Å². The van der Waals surface area contributed by atoms with Gasteiger partial charge in [0.05, 0.1) is 0 Å². The number of rotatable bonds is 4. The molecule has 2 aromatic rings. The third-order valence-corrected chi connectivity index (χ3v) is 2.01. The summed E-state index contributed by atoms with van der Waals surface area (Å²) in [6.07, 6.45) is 4.94. The van der Waals surface area contributed by atoms with Crippen molar-refractivity contribution in [2.24, 2.45) is 0 Å². The fraction of sp³-hybridized carbons (Fsp3) is 0.0833. The van der Waals surface area contributed by atoms with Gasteiger partial charge in [0.2, 0.25) is 0 Å². The second kappa shape index (κ2) is 4.46. The normalized spacial score (nSPS) is 12.0. The highest BCUT2D eigenvalue weighted by Crippen LogP contribution is 2.19. The number of nitrogens with one attached hydrogen (secondary N) is 1. The minimum absolute atomic E-state index is 0.234. The highest BCUT2D eigenvalue weighted by Gasteiger charge is 2.10. The fourth-order valence-corrected chi connectivity index (χ4v) is 1.29. The van der Waals surface area contributed by atoms with Crippen LogP contribution in [0.4, 0.5) is 0 Å². The first-order valence-electron chi connectivity index (χ1n) is 4.73. The van der Waals surface area contributed by atoms with Crippen molar-refractivity contribution in [2.75, 3.05) is 0 Å². The smallest absolute Gasteiger partial charge is 0.174 e. The second-order valence-corrected chi connectivity index (χ2v) is 3.06. The Morgan fingerprint density at radius 3 is 2.73 bits per heavy atom. The molecular formula is C12H12N2O. The van der Waals surface area contributed by atoms with Crippen LogP contribution in [-0.2, 0) is 0 Å². The van der Waals surface area contributed by atoms with Crippen LogP contribution in [0.2, 0.25) is 0 Å². The lowest BCUT2D eigenvalue weighted by Gasteiger charge is -2.12. The van der Waals surface area contributed by atoms with E-state index in [1.165, 1.54) is 0 Å². The van der Waals surface area contributed by atoms with Crippen LogP contribution < -0.4 is 4.74 Å². The van der Waals surface area contributed by atoms with E-state index in [9.17, 15) is 0 Å². The molecule has 1 aromatic carbocycles. The number of H-pyrrole nitrogens is 1. The maximum Gasteiger partial charge on any atom is 0.174 e. The van der Waals surface area contributed by atoms with E-state index in [4.69, 9.17) is 4.74 Å². The molecule has 0 spiro atoms. The van der Waals surface area contributed by atoms with E-state index in [1.54, 1.807) is 18.5 Å². The summed E-state index contributed by atoms with van der Waals surface area (Å²) >= 11 is 0. The molecule has 0 aliphatic carbocycles. The molecule has 0 fully saturated rings. The third-order valence-electron chi connectivity index (χ3n) is 2.01. The van der Waals surface area contributed by atoms with Crippen molar-refractivity contribution in [3.05, 3.63) is 61.2 Å². The van der Waals surface area contributed by atoms with Gasteiger partial charge in [-0.3, -0.25) is 0 Å². The molecule has 0 bridgehead atoms. The van der Waals surface area contributed by atoms with E-state index in [-0.39, 0.29) is 6.10 Å². The Labute approximate surface area is 88.4 Å². The molecule has 1 atom stereocenters. The molecule has 1 heterocycles. The Bertz CT molecular complexity index is 408. The van der Waals surface area contributed by atoms with Gasteiger partial charge >= 0.3 is 0 Å². The number of ether oxygens (including phenoxy) is 1. The predicted molar refractivity (Wildman–Crippen MR) is 58.6 cm³/mol. The summed E-state index contributed by atoms with van der Waals surface area (Å²) in [7, 11) is 0. The fourth-order valence-electron chi connectivity index (χ4n) is 1.29. The number of hydrogen-bond donors (Lipinski definition) is 1. The van der Waals surface area contributed by atoms with Crippen LogP contribution in [0.25, 0.3) is 0 Å². The quantitative estimate of drug-likeness (QED) is 0.770. The first-order chi connectivity index (χ1) is 7.40. The van der Waals surface area contributed by atoms with Crippen LogP contribution in [-0.4, -0.2) is 9.97 Å². The van der Waals surface area contributed by atoms with Crippen molar-refractivity contribution in [3.63, 3.8) is 0 Å². The van der Waals surface area contributed by atoms with E-state index < -0.39 is 0 Å². The number of nitrogens with zero attached hydrogens (tertiary/aromatic N) is 1. The van der Waals surface area contributed by atoms with Gasteiger partial charge in [-0.05, 0) is 18.2 Å². The lowest BCUT2D eigenvalue weighted by Crippen LogP contribution is -2.06. The number of aromatic amines is 1. The molecule has 2 rings (SSSR count). The zero-order valence-corrected chi connectivity index (χ0v) is 8.26. The summed E-state index contributed by atoms with van der Waals surface area (Å²) in [6.45, 7) is 3.73. The van der Waals surface area contributed by atoms with Crippen molar-refractivity contribution in [2.45, 2.75) is 6.10 Å². The van der Waals surface area contributed by atoms with Crippen molar-refractivity contribution >= 4 is 0 Å². The van der Waals surface area contributed by atoms with Gasteiger partial charge in [0.15, 0.2) is 11.9 Å². The molecule has 1 aromatic heterocycles. The highest BCUT2D eigenvalue weighted by atomic mass is 16.5. The van der Waals surface area contributed by atoms with Crippen LogP contribution in [0.15, 0.2) is 55.4 Å². The zero-order valence-electron chi connectivity index (χ0n) is 8.26. The zero-order chi connectivity index (χ0) is 10.5. The summed E-state index contributed by atoms with van der Waals surface area (Å²) in [5, 5.41) is 0. The molecule has 1 unspecified atom stereocenters. The number of hydrogen-bond acceptors (Lipinski definition) is 2. The van der Waals surface area contributed by atoms with Crippen molar-refractivity contribution in [1.29, 1.82) is 0 Å². The number of para-hydroxylation sites is 1. The van der Waals surface area contributed by atoms with E-state index in [0.717, 1.165) is 11.6 Å². The van der Waals surface area contributed by atoms with Crippen molar-refractivity contribution in [1.82, 2.24) is 9.97 Å². The van der Waals surface area contributed by atoms with Gasteiger partial charge in [-0.15, -0.1) is 0 Å². The molecule has 76 valence electrons. The molecule has 15 heavy (non-hydrogen) atoms. The van der Waals surface area contributed by atoms with E-state index in [1.807, 2.05) is 30.3 Å². The molecule has 0 amide bonds. The van der Waals surface area contributed by atoms with Gasteiger partial charge in [-0.25, -0.2) is 4.98 Å². The van der Waals surface area contributed by atoms with Gasteiger partial charge in [-0.1, -0.05) is 24.8 Å². The van der Waals surface area contributed by atoms with Crippen molar-refractivity contribution < 1.29 is 4.74 Å². The highest BCUT2D eigenvalue weighted by molar-refractivity contribution is 5.22. The summed E-state index contributed by atoms with van der Waals surface area (Å²) in [5.74, 6) is 1.56. The molecule has 3 nitrogen and oxygen atoms in total. The standard InChI is InChI=1S/C12H12N2O/c1-2-11(12-13-8-9-14-12)15-10-6-4-3-5-7-10/h2-9,11H,1H2,(H,13,14). The van der Waals surface area contributed by atoms with E-state index >= 15 is 0 Å². The van der Waals surface area contributed by atoms with Crippen LogP contribution >= 0.6 is 0 Å². The maximum absolute atomic E-state index is 5.70. The largest absolute Gasteiger partial charge is 0.478 e. The first kappa shape index (κ1) is 9.52. The monoisotopic (exact) mass is 200 g/mol. The minimum Gasteiger partial charge on any atom is -0.478 e. The Morgan fingerprint density at radius 2 is 2.13 bits per heavy atom. The minimum atomic E-state index is -0.234. The average molecular weight is 200 g/mol. The summed E-state index contributed by atoms with van der Waals surface area (Å²) in [6, 6.07) is 9.61. The van der Waals surface area contributed by atoms with E-state index in [2.05, 4.69) is 16.5 Å². The molecule has 0 radical (unpaired) electrons. The molecular weight excluding hydrogens is 188 g/mol. The molecule has 0 aliphatic rings. The summed E-state index contributed by atoms with van der Waals surface area (Å²) in [4.78, 5) is 7.13. The SMILES string of the molecule is C=CC(Oc1ccccc1)c1ncc[nH]1. The van der Waals surface area contributed by atoms with Gasteiger partial charge in [0.1, 0.15) is 5.75 Å². The van der Waals surface area contributed by atoms with Crippen molar-refractivity contribution in [3.8, 4) is 5.75 Å². The summed E-state index contributed by atoms with van der Waals surface area (Å²) in [5.41, 5.74) is 0. The molecule has 0 saturated heterocycles. The van der Waals surface area contributed by atoms with Crippen LogP contribution in [0.3, 0.4) is 0 Å². The summed E-state index contributed by atoms with van der Waals surface area (Å²) < 4.78 is 5.70. The Balaban J connectivity index is 2.13. The van der Waals surface area contributed by atoms with Gasteiger partial charge in [0.25, 0.3) is 0 Å². The predicted octanol–water partition coefficient (Wildman–Crippen LogP) is 2.72. The maximum atomic E-state index is 5.70.